The van der Waals surface area contributed by atoms with Gasteiger partial charge in [-0.05, 0) is 25.2 Å². The SMILES string of the molecule is CC(C)[C@H](N)C(=O)NCC(=O)N1CCCCC1CNS(C)(=O)=O. The fourth-order valence-corrected chi connectivity index (χ4v) is 2.97. The second-order valence-corrected chi connectivity index (χ2v) is 8.18. The van der Waals surface area contributed by atoms with Crippen LogP contribution < -0.4 is 15.8 Å². The Hall–Kier alpha value is -1.19. The van der Waals surface area contributed by atoms with Gasteiger partial charge in [0.2, 0.25) is 21.8 Å². The molecule has 9 heteroatoms. The van der Waals surface area contributed by atoms with Gasteiger partial charge in [0.25, 0.3) is 0 Å². The van der Waals surface area contributed by atoms with E-state index in [4.69, 9.17) is 5.73 Å². The van der Waals surface area contributed by atoms with Crippen LogP contribution in [-0.2, 0) is 19.6 Å². The first-order valence-corrected chi connectivity index (χ1v) is 9.78. The third-order valence-corrected chi connectivity index (χ3v) is 4.65. The molecule has 1 saturated heterocycles. The second kappa shape index (κ2) is 8.60. The van der Waals surface area contributed by atoms with Crippen molar-refractivity contribution >= 4 is 21.8 Å². The molecule has 1 heterocycles. The first kappa shape index (κ1) is 19.9. The predicted molar refractivity (Wildman–Crippen MR) is 88.0 cm³/mol. The summed E-state index contributed by atoms with van der Waals surface area (Å²) < 4.78 is 24.9. The van der Waals surface area contributed by atoms with Crippen molar-refractivity contribution in [1.29, 1.82) is 0 Å². The van der Waals surface area contributed by atoms with Crippen LogP contribution in [0.4, 0.5) is 0 Å². The summed E-state index contributed by atoms with van der Waals surface area (Å²) in [6.45, 7) is 4.33. The standard InChI is InChI=1S/C14H28N4O4S/c1-10(2)13(15)14(20)16-9-12(19)18-7-5-4-6-11(18)8-17-23(3,21)22/h10-11,13,17H,4-9,15H2,1-3H3,(H,16,20)/t11?,13-/m0/s1. The minimum Gasteiger partial charge on any atom is -0.346 e. The molecule has 0 spiro atoms. The minimum absolute atomic E-state index is 0.00759. The monoisotopic (exact) mass is 348 g/mol. The zero-order valence-corrected chi connectivity index (χ0v) is 14.9. The van der Waals surface area contributed by atoms with Gasteiger partial charge in [0.05, 0.1) is 18.8 Å². The Bertz CT molecular complexity index is 521. The number of hydrogen-bond donors (Lipinski definition) is 3. The molecule has 1 aliphatic heterocycles. The lowest BCUT2D eigenvalue weighted by Gasteiger charge is -2.36. The zero-order chi connectivity index (χ0) is 17.6. The van der Waals surface area contributed by atoms with Crippen LogP contribution in [0.2, 0.25) is 0 Å². The first-order chi connectivity index (χ1) is 10.6. The molecule has 0 bridgehead atoms. The molecule has 1 rings (SSSR count). The average Bonchev–Trinajstić information content (AvgIpc) is 2.48. The van der Waals surface area contributed by atoms with Gasteiger partial charge in [-0.1, -0.05) is 13.8 Å². The molecule has 0 aromatic heterocycles. The molecular formula is C14H28N4O4S. The fourth-order valence-electron chi connectivity index (χ4n) is 2.47. The highest BCUT2D eigenvalue weighted by molar-refractivity contribution is 7.88. The van der Waals surface area contributed by atoms with Crippen molar-refractivity contribution < 1.29 is 18.0 Å². The molecular weight excluding hydrogens is 320 g/mol. The van der Waals surface area contributed by atoms with Crippen molar-refractivity contribution in [3.63, 3.8) is 0 Å². The number of likely N-dealkylation sites (tertiary alicyclic amines) is 1. The molecule has 1 aliphatic rings. The molecule has 0 radical (unpaired) electrons. The van der Waals surface area contributed by atoms with E-state index in [1.807, 2.05) is 13.8 Å². The Morgan fingerprint density at radius 1 is 1.30 bits per heavy atom. The first-order valence-electron chi connectivity index (χ1n) is 7.89. The smallest absolute Gasteiger partial charge is 0.242 e. The maximum absolute atomic E-state index is 12.3. The molecule has 1 unspecified atom stereocenters. The van der Waals surface area contributed by atoms with Gasteiger partial charge in [-0.15, -0.1) is 0 Å². The number of piperidine rings is 1. The van der Waals surface area contributed by atoms with E-state index < -0.39 is 16.1 Å². The molecule has 23 heavy (non-hydrogen) atoms. The van der Waals surface area contributed by atoms with E-state index in [9.17, 15) is 18.0 Å². The number of carbonyl (C=O) groups is 2. The molecule has 2 atom stereocenters. The van der Waals surface area contributed by atoms with E-state index >= 15 is 0 Å². The highest BCUT2D eigenvalue weighted by Gasteiger charge is 2.28. The summed E-state index contributed by atoms with van der Waals surface area (Å²) in [6, 6.07) is -0.825. The summed E-state index contributed by atoms with van der Waals surface area (Å²) in [4.78, 5) is 25.8. The number of nitrogens with one attached hydrogen (secondary N) is 2. The minimum atomic E-state index is -3.29. The largest absolute Gasteiger partial charge is 0.346 e. The maximum Gasteiger partial charge on any atom is 0.242 e. The Morgan fingerprint density at radius 3 is 2.52 bits per heavy atom. The van der Waals surface area contributed by atoms with E-state index in [0.29, 0.717) is 6.54 Å². The molecule has 0 saturated carbocycles. The molecule has 4 N–H and O–H groups in total. The topological polar surface area (TPSA) is 122 Å². The summed E-state index contributed by atoms with van der Waals surface area (Å²) in [5.41, 5.74) is 5.73. The summed E-state index contributed by atoms with van der Waals surface area (Å²) in [5.74, 6) is -0.572. The van der Waals surface area contributed by atoms with Crippen LogP contribution in [-0.4, -0.2) is 63.1 Å². The maximum atomic E-state index is 12.3. The van der Waals surface area contributed by atoms with Crippen molar-refractivity contribution in [1.82, 2.24) is 14.9 Å². The van der Waals surface area contributed by atoms with Crippen LogP contribution >= 0.6 is 0 Å². The highest BCUT2D eigenvalue weighted by atomic mass is 32.2. The Balaban J connectivity index is 2.56. The van der Waals surface area contributed by atoms with Crippen LogP contribution in [0.3, 0.4) is 0 Å². The van der Waals surface area contributed by atoms with E-state index in [2.05, 4.69) is 10.0 Å². The number of nitrogens with zero attached hydrogens (tertiary/aromatic N) is 1. The van der Waals surface area contributed by atoms with Gasteiger partial charge in [-0.2, -0.15) is 0 Å². The van der Waals surface area contributed by atoms with E-state index in [1.54, 1.807) is 4.90 Å². The summed E-state index contributed by atoms with van der Waals surface area (Å²) in [7, 11) is -3.29. The second-order valence-electron chi connectivity index (χ2n) is 6.34. The van der Waals surface area contributed by atoms with E-state index in [0.717, 1.165) is 25.5 Å². The van der Waals surface area contributed by atoms with E-state index in [1.165, 1.54) is 0 Å². The zero-order valence-electron chi connectivity index (χ0n) is 14.0. The van der Waals surface area contributed by atoms with Gasteiger partial charge in [0.15, 0.2) is 0 Å². The number of carbonyl (C=O) groups excluding carboxylic acids is 2. The average molecular weight is 348 g/mol. The summed E-state index contributed by atoms with van der Waals surface area (Å²) in [6.07, 6.45) is 3.66. The van der Waals surface area contributed by atoms with Gasteiger partial charge in [0, 0.05) is 19.1 Å². The van der Waals surface area contributed by atoms with Crippen molar-refractivity contribution in [2.24, 2.45) is 11.7 Å². The van der Waals surface area contributed by atoms with Crippen molar-refractivity contribution in [3.05, 3.63) is 0 Å². The number of rotatable bonds is 7. The van der Waals surface area contributed by atoms with Crippen molar-refractivity contribution in [3.8, 4) is 0 Å². The van der Waals surface area contributed by atoms with Gasteiger partial charge < -0.3 is 16.0 Å². The Labute approximate surface area is 138 Å². The van der Waals surface area contributed by atoms with Crippen molar-refractivity contribution in [2.45, 2.75) is 45.2 Å². The van der Waals surface area contributed by atoms with Crippen LogP contribution in [0.25, 0.3) is 0 Å². The third-order valence-electron chi connectivity index (χ3n) is 3.96. The number of amides is 2. The summed E-state index contributed by atoms with van der Waals surface area (Å²) in [5, 5.41) is 2.56. The van der Waals surface area contributed by atoms with Gasteiger partial charge >= 0.3 is 0 Å². The van der Waals surface area contributed by atoms with Crippen molar-refractivity contribution in [2.75, 3.05) is 25.9 Å². The Morgan fingerprint density at radius 2 is 1.96 bits per heavy atom. The van der Waals surface area contributed by atoms with Gasteiger partial charge in [-0.3, -0.25) is 9.59 Å². The van der Waals surface area contributed by atoms with Gasteiger partial charge in [0.1, 0.15) is 0 Å². The normalized spacial score (nSPS) is 20.4. The Kier molecular flexibility index (Phi) is 7.43. The molecule has 0 aromatic rings. The van der Waals surface area contributed by atoms with Crippen LogP contribution in [0, 0.1) is 5.92 Å². The molecule has 8 nitrogen and oxygen atoms in total. The third kappa shape index (κ3) is 6.84. The lowest BCUT2D eigenvalue weighted by Crippen LogP contribution is -2.53. The molecule has 2 amide bonds. The summed E-state index contributed by atoms with van der Waals surface area (Å²) >= 11 is 0. The predicted octanol–water partition coefficient (Wildman–Crippen LogP) is -0.984. The number of hydrogen-bond acceptors (Lipinski definition) is 5. The lowest BCUT2D eigenvalue weighted by atomic mass is 10.0. The molecule has 0 aromatic carbocycles. The van der Waals surface area contributed by atoms with Crippen LogP contribution in [0.1, 0.15) is 33.1 Å². The van der Waals surface area contributed by atoms with E-state index in [-0.39, 0.29) is 36.9 Å². The molecule has 134 valence electrons. The number of nitrogens with two attached hydrogens (primary N) is 1. The van der Waals surface area contributed by atoms with Gasteiger partial charge in [-0.25, -0.2) is 13.1 Å². The molecule has 1 fully saturated rings. The lowest BCUT2D eigenvalue weighted by molar-refractivity contribution is -0.136. The quantitative estimate of drug-likeness (QED) is 0.546. The van der Waals surface area contributed by atoms with Crippen LogP contribution in [0.5, 0.6) is 0 Å². The fraction of sp³-hybridized carbons (Fsp3) is 0.857. The van der Waals surface area contributed by atoms with Crippen LogP contribution in [0.15, 0.2) is 0 Å². The number of sulfonamides is 1. The highest BCUT2D eigenvalue weighted by Crippen LogP contribution is 2.16. The molecule has 0 aliphatic carbocycles.